The minimum absolute atomic E-state index is 0.103. The van der Waals surface area contributed by atoms with E-state index < -0.39 is 5.91 Å². The van der Waals surface area contributed by atoms with Gasteiger partial charge in [0.1, 0.15) is 5.75 Å². The largest absolute Gasteiger partial charge is 0.507 e. The highest BCUT2D eigenvalue weighted by atomic mass is 35.5. The zero-order chi connectivity index (χ0) is 15.2. The number of thiocarbonyl (C=S) groups is 1. The fourth-order valence-corrected chi connectivity index (χ4v) is 1.84. The van der Waals surface area contributed by atoms with Crippen LogP contribution in [0.2, 0.25) is 5.02 Å². The molecule has 5 nitrogen and oxygen atoms in total. The van der Waals surface area contributed by atoms with Crippen LogP contribution in [0.25, 0.3) is 0 Å². The standard InChI is InChI=1S/C14H12ClN3O2S/c15-9-5-7-10(8-6-9)16-14(21)18-17-13(20)11-3-1-2-4-12(11)19/h1-8,19H,(H,17,20)(H2,16,18,21). The van der Waals surface area contributed by atoms with Gasteiger partial charge in [-0.1, -0.05) is 23.7 Å². The molecule has 0 fully saturated rings. The van der Waals surface area contributed by atoms with Crippen molar-refractivity contribution in [3.63, 3.8) is 0 Å². The van der Waals surface area contributed by atoms with E-state index in [4.69, 9.17) is 23.8 Å². The number of carbonyl (C=O) groups is 1. The van der Waals surface area contributed by atoms with Crippen LogP contribution in [0, 0.1) is 0 Å². The second-order valence-corrected chi connectivity index (χ2v) is 4.90. The van der Waals surface area contributed by atoms with Crippen LogP contribution in [0.4, 0.5) is 5.69 Å². The van der Waals surface area contributed by atoms with Gasteiger partial charge in [0, 0.05) is 10.7 Å². The third kappa shape index (κ3) is 4.34. The first-order valence-electron chi connectivity index (χ1n) is 5.97. The first-order valence-corrected chi connectivity index (χ1v) is 6.76. The summed E-state index contributed by atoms with van der Waals surface area (Å²) in [5.41, 5.74) is 5.82. The third-order valence-corrected chi connectivity index (χ3v) is 3.00. The van der Waals surface area contributed by atoms with Crippen molar-refractivity contribution in [3.8, 4) is 5.75 Å². The Morgan fingerprint density at radius 1 is 1.05 bits per heavy atom. The van der Waals surface area contributed by atoms with Crippen molar-refractivity contribution in [2.45, 2.75) is 0 Å². The third-order valence-electron chi connectivity index (χ3n) is 2.54. The zero-order valence-electron chi connectivity index (χ0n) is 10.8. The fraction of sp³-hybridized carbons (Fsp3) is 0. The van der Waals surface area contributed by atoms with Crippen molar-refractivity contribution < 1.29 is 9.90 Å². The number of phenols is 1. The van der Waals surface area contributed by atoms with Crippen LogP contribution in [0.5, 0.6) is 5.75 Å². The van der Waals surface area contributed by atoms with Crippen molar-refractivity contribution in [2.75, 3.05) is 5.32 Å². The Hall–Kier alpha value is -2.31. The smallest absolute Gasteiger partial charge is 0.273 e. The maximum Gasteiger partial charge on any atom is 0.273 e. The van der Waals surface area contributed by atoms with Crippen molar-refractivity contribution in [3.05, 3.63) is 59.1 Å². The van der Waals surface area contributed by atoms with Crippen molar-refractivity contribution >= 4 is 40.5 Å². The van der Waals surface area contributed by atoms with E-state index in [0.717, 1.165) is 5.69 Å². The average Bonchev–Trinajstić information content (AvgIpc) is 2.48. The quantitative estimate of drug-likeness (QED) is 0.505. The lowest BCUT2D eigenvalue weighted by atomic mass is 10.2. The normalized spacial score (nSPS) is 9.76. The lowest BCUT2D eigenvalue weighted by Crippen LogP contribution is -2.43. The molecule has 0 radical (unpaired) electrons. The number of aromatic hydroxyl groups is 1. The number of phenolic OH excluding ortho intramolecular Hbond substituents is 1. The number of para-hydroxylation sites is 1. The highest BCUT2D eigenvalue weighted by Crippen LogP contribution is 2.15. The van der Waals surface area contributed by atoms with E-state index in [-0.39, 0.29) is 16.4 Å². The van der Waals surface area contributed by atoms with E-state index in [1.54, 1.807) is 36.4 Å². The summed E-state index contributed by atoms with van der Waals surface area (Å²) in [5, 5.41) is 13.3. The summed E-state index contributed by atoms with van der Waals surface area (Å²) in [6.45, 7) is 0. The van der Waals surface area contributed by atoms with Crippen LogP contribution >= 0.6 is 23.8 Å². The van der Waals surface area contributed by atoms with E-state index in [0.29, 0.717) is 5.02 Å². The monoisotopic (exact) mass is 321 g/mol. The molecule has 0 aliphatic carbocycles. The van der Waals surface area contributed by atoms with E-state index in [1.807, 2.05) is 0 Å². The molecule has 0 heterocycles. The summed E-state index contributed by atoms with van der Waals surface area (Å²) in [6.07, 6.45) is 0. The van der Waals surface area contributed by atoms with Crippen LogP contribution in [0.15, 0.2) is 48.5 Å². The summed E-state index contributed by atoms with van der Waals surface area (Å²) in [7, 11) is 0. The van der Waals surface area contributed by atoms with E-state index in [1.165, 1.54) is 12.1 Å². The molecule has 1 amide bonds. The van der Waals surface area contributed by atoms with Crippen molar-refractivity contribution in [2.24, 2.45) is 0 Å². The number of nitrogens with one attached hydrogen (secondary N) is 3. The van der Waals surface area contributed by atoms with Crippen molar-refractivity contribution in [1.29, 1.82) is 0 Å². The van der Waals surface area contributed by atoms with Gasteiger partial charge >= 0.3 is 0 Å². The molecule has 0 aliphatic heterocycles. The van der Waals surface area contributed by atoms with Gasteiger partial charge in [0.2, 0.25) is 0 Å². The van der Waals surface area contributed by atoms with Gasteiger partial charge in [-0.3, -0.25) is 15.6 Å². The molecule has 0 unspecified atom stereocenters. The minimum Gasteiger partial charge on any atom is -0.507 e. The van der Waals surface area contributed by atoms with Gasteiger partial charge in [0.15, 0.2) is 5.11 Å². The molecule has 0 aliphatic rings. The molecular formula is C14H12ClN3O2S. The Labute approximate surface area is 131 Å². The number of rotatable bonds is 2. The van der Waals surface area contributed by atoms with Crippen LogP contribution < -0.4 is 16.2 Å². The minimum atomic E-state index is -0.492. The highest BCUT2D eigenvalue weighted by Gasteiger charge is 2.09. The molecule has 21 heavy (non-hydrogen) atoms. The lowest BCUT2D eigenvalue weighted by Gasteiger charge is -2.12. The molecule has 2 rings (SSSR count). The maximum absolute atomic E-state index is 11.8. The topological polar surface area (TPSA) is 73.4 Å². The van der Waals surface area contributed by atoms with Gasteiger partial charge in [-0.2, -0.15) is 0 Å². The Morgan fingerprint density at radius 2 is 1.71 bits per heavy atom. The summed E-state index contributed by atoms with van der Waals surface area (Å²) in [5.74, 6) is -0.596. The number of hydrogen-bond acceptors (Lipinski definition) is 3. The molecule has 2 aromatic carbocycles. The van der Waals surface area contributed by atoms with Gasteiger partial charge in [-0.15, -0.1) is 0 Å². The lowest BCUT2D eigenvalue weighted by molar-refractivity contribution is 0.0941. The number of hydrogen-bond donors (Lipinski definition) is 4. The highest BCUT2D eigenvalue weighted by molar-refractivity contribution is 7.80. The van der Waals surface area contributed by atoms with Crippen LogP contribution in [-0.4, -0.2) is 16.1 Å². The van der Waals surface area contributed by atoms with Crippen LogP contribution in [0.1, 0.15) is 10.4 Å². The molecule has 0 bridgehead atoms. The second-order valence-electron chi connectivity index (χ2n) is 4.06. The number of halogens is 1. The predicted octanol–water partition coefficient (Wildman–Crippen LogP) is 2.68. The summed E-state index contributed by atoms with van der Waals surface area (Å²) in [6, 6.07) is 13.1. The Kier molecular flexibility index (Phi) is 4.97. The Morgan fingerprint density at radius 3 is 2.38 bits per heavy atom. The molecule has 2 aromatic rings. The van der Waals surface area contributed by atoms with Gasteiger partial charge < -0.3 is 10.4 Å². The SMILES string of the molecule is O=C(NNC(=S)Nc1ccc(Cl)cc1)c1ccccc1O. The van der Waals surface area contributed by atoms with Gasteiger partial charge in [-0.25, -0.2) is 0 Å². The first kappa shape index (κ1) is 15.1. The number of carbonyl (C=O) groups excluding carboxylic acids is 1. The average molecular weight is 322 g/mol. The Bertz CT molecular complexity index is 662. The molecule has 0 spiro atoms. The predicted molar refractivity (Wildman–Crippen MR) is 86.4 cm³/mol. The molecule has 0 aromatic heterocycles. The first-order chi connectivity index (χ1) is 10.1. The molecule has 4 N–H and O–H groups in total. The zero-order valence-corrected chi connectivity index (χ0v) is 12.3. The van der Waals surface area contributed by atoms with Crippen molar-refractivity contribution in [1.82, 2.24) is 10.9 Å². The summed E-state index contributed by atoms with van der Waals surface area (Å²) < 4.78 is 0. The maximum atomic E-state index is 11.8. The molecule has 0 atom stereocenters. The van der Waals surface area contributed by atoms with Gasteiger partial charge in [0.25, 0.3) is 5.91 Å². The number of amides is 1. The summed E-state index contributed by atoms with van der Waals surface area (Å²) in [4.78, 5) is 11.8. The molecule has 0 saturated heterocycles. The number of anilines is 1. The second kappa shape index (κ2) is 6.92. The molecular weight excluding hydrogens is 310 g/mol. The number of benzene rings is 2. The van der Waals surface area contributed by atoms with Gasteiger partial charge in [-0.05, 0) is 48.6 Å². The number of hydrazine groups is 1. The molecule has 108 valence electrons. The molecule has 0 saturated carbocycles. The fourth-order valence-electron chi connectivity index (χ4n) is 1.54. The van der Waals surface area contributed by atoms with Crippen LogP contribution in [0.3, 0.4) is 0 Å². The van der Waals surface area contributed by atoms with Crippen LogP contribution in [-0.2, 0) is 0 Å². The van der Waals surface area contributed by atoms with Gasteiger partial charge in [0.05, 0.1) is 5.56 Å². The van der Waals surface area contributed by atoms with E-state index >= 15 is 0 Å². The van der Waals surface area contributed by atoms with E-state index in [2.05, 4.69) is 16.2 Å². The summed E-state index contributed by atoms with van der Waals surface area (Å²) >= 11 is 10.8. The Balaban J connectivity index is 1.88. The molecule has 7 heteroatoms. The van der Waals surface area contributed by atoms with E-state index in [9.17, 15) is 9.90 Å².